The molecule has 21 heavy (non-hydrogen) atoms. The number of hydrogen-bond acceptors (Lipinski definition) is 4. The quantitative estimate of drug-likeness (QED) is 0.811. The molecule has 2 rings (SSSR count). The Morgan fingerprint density at radius 2 is 2.10 bits per heavy atom. The lowest BCUT2D eigenvalue weighted by Crippen LogP contribution is -2.59. The summed E-state index contributed by atoms with van der Waals surface area (Å²) in [5.41, 5.74) is 0.471. The predicted octanol–water partition coefficient (Wildman–Crippen LogP) is 1.39. The number of amides is 2. The highest BCUT2D eigenvalue weighted by Crippen LogP contribution is 2.15. The molecule has 0 radical (unpaired) electrons. The van der Waals surface area contributed by atoms with E-state index in [1.165, 1.54) is 0 Å². The summed E-state index contributed by atoms with van der Waals surface area (Å²) < 4.78 is 0.684. The normalized spacial score (nSPS) is 14.8. The van der Waals surface area contributed by atoms with Crippen LogP contribution in [0.15, 0.2) is 28.7 Å². The van der Waals surface area contributed by atoms with Gasteiger partial charge in [-0.1, -0.05) is 19.1 Å². The summed E-state index contributed by atoms with van der Waals surface area (Å²) >= 11 is 3.32. The first kappa shape index (κ1) is 16.1. The van der Waals surface area contributed by atoms with Gasteiger partial charge in [-0.2, -0.15) is 0 Å². The molecular formula is C15H20BrN3O2. The summed E-state index contributed by atoms with van der Waals surface area (Å²) in [5.74, 6) is -0.619. The zero-order valence-electron chi connectivity index (χ0n) is 12.1. The average molecular weight is 354 g/mol. The molecular weight excluding hydrogens is 334 g/mol. The van der Waals surface area contributed by atoms with Gasteiger partial charge < -0.3 is 5.32 Å². The van der Waals surface area contributed by atoms with Crippen molar-refractivity contribution in [3.63, 3.8) is 0 Å². The van der Waals surface area contributed by atoms with Crippen molar-refractivity contribution in [2.24, 2.45) is 0 Å². The Bertz CT molecular complexity index is 517. The van der Waals surface area contributed by atoms with Gasteiger partial charge in [-0.15, -0.1) is 0 Å². The van der Waals surface area contributed by atoms with Crippen LogP contribution in [0.2, 0.25) is 0 Å². The average Bonchev–Trinajstić information content (AvgIpc) is 2.37. The second-order valence-electron chi connectivity index (χ2n) is 5.14. The second kappa shape index (κ2) is 7.68. The van der Waals surface area contributed by atoms with E-state index in [4.69, 9.17) is 0 Å². The number of nitrogens with one attached hydrogen (secondary N) is 2. The van der Waals surface area contributed by atoms with Gasteiger partial charge in [0, 0.05) is 23.6 Å². The van der Waals surface area contributed by atoms with Crippen LogP contribution < -0.4 is 10.6 Å². The van der Waals surface area contributed by atoms with Crippen LogP contribution in [0.5, 0.6) is 0 Å². The fourth-order valence-corrected chi connectivity index (χ4v) is 2.74. The number of rotatable bonds is 6. The van der Waals surface area contributed by atoms with E-state index < -0.39 is 0 Å². The minimum absolute atomic E-state index is 0.254. The van der Waals surface area contributed by atoms with E-state index in [1.807, 2.05) is 6.07 Å². The second-order valence-corrected chi connectivity index (χ2v) is 5.99. The van der Waals surface area contributed by atoms with Gasteiger partial charge >= 0.3 is 0 Å². The number of imide groups is 1. The van der Waals surface area contributed by atoms with Gasteiger partial charge in [-0.3, -0.25) is 19.8 Å². The molecule has 114 valence electrons. The van der Waals surface area contributed by atoms with Crippen LogP contribution in [0.25, 0.3) is 0 Å². The molecule has 1 heterocycles. The monoisotopic (exact) mass is 353 g/mol. The maximum Gasteiger partial charge on any atom is 0.259 e. The maximum atomic E-state index is 12.1. The lowest BCUT2D eigenvalue weighted by molar-refractivity contribution is -0.122. The van der Waals surface area contributed by atoms with Crippen LogP contribution in [-0.4, -0.2) is 48.9 Å². The fourth-order valence-electron chi connectivity index (χ4n) is 2.27. The third-order valence-electron chi connectivity index (χ3n) is 3.51. The number of nitrogens with zero attached hydrogens (tertiary/aromatic N) is 1. The smallest absolute Gasteiger partial charge is 0.259 e. The minimum Gasteiger partial charge on any atom is -0.314 e. The first-order valence-corrected chi connectivity index (χ1v) is 7.94. The first-order chi connectivity index (χ1) is 10.1. The fraction of sp³-hybridized carbons (Fsp3) is 0.467. The molecule has 1 saturated heterocycles. The van der Waals surface area contributed by atoms with Crippen LogP contribution in [0, 0.1) is 0 Å². The predicted molar refractivity (Wildman–Crippen MR) is 85.1 cm³/mol. The maximum absolute atomic E-state index is 12.1. The van der Waals surface area contributed by atoms with Crippen molar-refractivity contribution in [3.8, 4) is 0 Å². The van der Waals surface area contributed by atoms with Crippen LogP contribution in [0.3, 0.4) is 0 Å². The molecule has 2 N–H and O–H groups in total. The van der Waals surface area contributed by atoms with Crippen LogP contribution >= 0.6 is 15.9 Å². The zero-order valence-corrected chi connectivity index (χ0v) is 13.6. The lowest BCUT2D eigenvalue weighted by Gasteiger charge is -2.37. The number of carbonyl (C=O) groups is 2. The minimum atomic E-state index is -0.365. The largest absolute Gasteiger partial charge is 0.314 e. The molecule has 1 aromatic carbocycles. The van der Waals surface area contributed by atoms with Gasteiger partial charge in [0.25, 0.3) is 5.91 Å². The number of benzene rings is 1. The molecule has 0 saturated carbocycles. The molecule has 1 fully saturated rings. The van der Waals surface area contributed by atoms with Crippen molar-refractivity contribution >= 4 is 27.7 Å². The summed E-state index contributed by atoms with van der Waals surface area (Å²) in [4.78, 5) is 26.3. The van der Waals surface area contributed by atoms with E-state index in [1.54, 1.807) is 18.2 Å². The Balaban J connectivity index is 1.91. The highest BCUT2D eigenvalue weighted by molar-refractivity contribution is 9.10. The SMILES string of the molecule is CCCN(CC(=O)NC(=O)c1ccccc1Br)C1CNC1. The summed E-state index contributed by atoms with van der Waals surface area (Å²) in [6, 6.07) is 7.46. The summed E-state index contributed by atoms with van der Waals surface area (Å²) in [7, 11) is 0. The third kappa shape index (κ3) is 4.36. The number of hydrogen-bond donors (Lipinski definition) is 2. The van der Waals surface area contributed by atoms with Gasteiger partial charge in [-0.05, 0) is 41.0 Å². The van der Waals surface area contributed by atoms with Gasteiger partial charge in [0.15, 0.2) is 0 Å². The van der Waals surface area contributed by atoms with E-state index in [-0.39, 0.29) is 18.4 Å². The van der Waals surface area contributed by atoms with Crippen molar-refractivity contribution in [2.45, 2.75) is 19.4 Å². The third-order valence-corrected chi connectivity index (χ3v) is 4.20. The van der Waals surface area contributed by atoms with Crippen molar-refractivity contribution in [1.29, 1.82) is 0 Å². The highest BCUT2D eigenvalue weighted by Gasteiger charge is 2.26. The molecule has 0 aromatic heterocycles. The zero-order chi connectivity index (χ0) is 15.2. The highest BCUT2D eigenvalue weighted by atomic mass is 79.9. The topological polar surface area (TPSA) is 61.4 Å². The molecule has 0 unspecified atom stereocenters. The summed E-state index contributed by atoms with van der Waals surface area (Å²) in [6.07, 6.45) is 0.988. The molecule has 0 atom stereocenters. The summed E-state index contributed by atoms with van der Waals surface area (Å²) in [5, 5.41) is 5.66. The number of carbonyl (C=O) groups excluding carboxylic acids is 2. The van der Waals surface area contributed by atoms with Crippen molar-refractivity contribution in [2.75, 3.05) is 26.2 Å². The van der Waals surface area contributed by atoms with Crippen molar-refractivity contribution in [3.05, 3.63) is 34.3 Å². The van der Waals surface area contributed by atoms with Gasteiger partial charge in [-0.25, -0.2) is 0 Å². The Hall–Kier alpha value is -1.24. The Kier molecular flexibility index (Phi) is 5.90. The first-order valence-electron chi connectivity index (χ1n) is 7.15. The standard InChI is InChI=1S/C15H20BrN3O2/c1-2-7-19(11-8-17-9-11)10-14(20)18-15(21)12-5-3-4-6-13(12)16/h3-6,11,17H,2,7-10H2,1H3,(H,18,20,21). The van der Waals surface area contributed by atoms with Crippen molar-refractivity contribution in [1.82, 2.24) is 15.5 Å². The Morgan fingerprint density at radius 1 is 1.38 bits per heavy atom. The van der Waals surface area contributed by atoms with E-state index in [0.29, 0.717) is 16.1 Å². The van der Waals surface area contributed by atoms with E-state index in [2.05, 4.69) is 38.4 Å². The molecule has 0 bridgehead atoms. The number of halogens is 1. The van der Waals surface area contributed by atoms with Gasteiger partial charge in [0.1, 0.15) is 0 Å². The van der Waals surface area contributed by atoms with Crippen LogP contribution in [-0.2, 0) is 4.79 Å². The summed E-state index contributed by atoms with van der Waals surface area (Å²) in [6.45, 7) is 5.03. The molecule has 5 nitrogen and oxygen atoms in total. The molecule has 6 heteroatoms. The lowest BCUT2D eigenvalue weighted by atomic mass is 10.1. The molecule has 0 aliphatic carbocycles. The van der Waals surface area contributed by atoms with E-state index >= 15 is 0 Å². The molecule has 1 aliphatic rings. The molecule has 1 aliphatic heterocycles. The van der Waals surface area contributed by atoms with E-state index in [9.17, 15) is 9.59 Å². The molecule has 2 amide bonds. The van der Waals surface area contributed by atoms with E-state index in [0.717, 1.165) is 26.1 Å². The van der Waals surface area contributed by atoms with Crippen LogP contribution in [0.4, 0.5) is 0 Å². The Morgan fingerprint density at radius 3 is 2.67 bits per heavy atom. The molecule has 0 spiro atoms. The Labute approximate surface area is 133 Å². The van der Waals surface area contributed by atoms with Gasteiger partial charge in [0.05, 0.1) is 12.1 Å². The van der Waals surface area contributed by atoms with Crippen molar-refractivity contribution < 1.29 is 9.59 Å². The van der Waals surface area contributed by atoms with Gasteiger partial charge in [0.2, 0.25) is 5.91 Å². The van der Waals surface area contributed by atoms with Crippen LogP contribution in [0.1, 0.15) is 23.7 Å². The molecule has 1 aromatic rings.